The normalized spacial score (nSPS) is 21.7. The molecule has 224 valence electrons. The summed E-state index contributed by atoms with van der Waals surface area (Å²) >= 11 is 0. The first kappa shape index (κ1) is 27.7. The first-order chi connectivity index (χ1) is 20.4. The Balaban J connectivity index is 1.24. The van der Waals surface area contributed by atoms with Gasteiger partial charge in [0.1, 0.15) is 5.69 Å². The summed E-state index contributed by atoms with van der Waals surface area (Å²) in [6.45, 7) is 10.9. The van der Waals surface area contributed by atoms with Crippen LogP contribution in [-0.4, -0.2) is 71.0 Å². The number of carboxylic acid groups (broad SMARTS) is 1. The number of likely N-dealkylation sites (tertiary alicyclic amines) is 1. The lowest BCUT2D eigenvalue weighted by Gasteiger charge is -2.40. The number of aromatic nitrogens is 3. The summed E-state index contributed by atoms with van der Waals surface area (Å²) in [6, 6.07) is 11.6. The van der Waals surface area contributed by atoms with E-state index >= 15 is 0 Å². The van der Waals surface area contributed by atoms with E-state index in [1.54, 1.807) is 11.8 Å². The van der Waals surface area contributed by atoms with Crippen molar-refractivity contribution in [1.29, 1.82) is 0 Å². The molecule has 2 bridgehead atoms. The highest BCUT2D eigenvalue weighted by atomic mass is 16.4. The van der Waals surface area contributed by atoms with Crippen molar-refractivity contribution in [2.75, 3.05) is 6.54 Å². The Morgan fingerprint density at radius 3 is 2.42 bits per heavy atom. The topological polar surface area (TPSA) is 100 Å². The van der Waals surface area contributed by atoms with Gasteiger partial charge in [0.05, 0.1) is 28.9 Å². The molecule has 2 unspecified atom stereocenters. The first-order valence-corrected chi connectivity index (χ1v) is 15.4. The van der Waals surface area contributed by atoms with Crippen molar-refractivity contribution in [2.45, 2.75) is 84.5 Å². The number of carbonyl (C=O) groups is 3. The van der Waals surface area contributed by atoms with E-state index in [1.165, 1.54) is 12.8 Å². The van der Waals surface area contributed by atoms with Gasteiger partial charge in [-0.05, 0) is 96.4 Å². The van der Waals surface area contributed by atoms with E-state index in [1.807, 2.05) is 66.7 Å². The van der Waals surface area contributed by atoms with Crippen LogP contribution >= 0.6 is 0 Å². The summed E-state index contributed by atoms with van der Waals surface area (Å²) < 4.78 is 4.12. The summed E-state index contributed by atoms with van der Waals surface area (Å²) in [7, 11) is 0. The summed E-state index contributed by atoms with van der Waals surface area (Å²) in [5.41, 5.74) is 5.62. The van der Waals surface area contributed by atoms with Gasteiger partial charge in [0.2, 0.25) is 0 Å². The molecule has 2 amide bonds. The van der Waals surface area contributed by atoms with E-state index in [-0.39, 0.29) is 29.7 Å². The molecule has 2 aliphatic carbocycles. The van der Waals surface area contributed by atoms with Gasteiger partial charge in [-0.1, -0.05) is 12.1 Å². The number of fused-ring (bicyclic) bond motifs is 4. The fraction of sp³-hybridized carbons (Fsp3) is 0.471. The SMILES string of the molecule is CC(=O)c1ccc2cc(-c3nn4cc(C(=O)N5CC6CCC5[C@@H]6N(C(=O)O)C(C)(C)C)ccc4c3C)n(CC3CC3)c2c1. The smallest absolute Gasteiger partial charge is 0.408 e. The second-order valence-corrected chi connectivity index (χ2v) is 13.8. The molecule has 4 heterocycles. The van der Waals surface area contributed by atoms with Crippen LogP contribution in [-0.2, 0) is 6.54 Å². The maximum absolute atomic E-state index is 13.9. The molecule has 43 heavy (non-hydrogen) atoms. The summed E-state index contributed by atoms with van der Waals surface area (Å²) in [6.07, 6.45) is 5.05. The number of hydrogen-bond donors (Lipinski definition) is 1. The zero-order chi connectivity index (χ0) is 30.4. The molecule has 1 saturated heterocycles. The standard InChI is InChI=1S/C34H39N5O4/c1-19-26-12-11-25(32(41)37-17-24-10-13-27(37)31(24)39(33(42)43)34(3,4)5)18-38(26)35-30(19)29-15-23-9-8-22(20(2)40)14-28(23)36(29)16-21-6-7-21/h8-9,11-12,14-15,18,21,24,27,31H,6-7,10,13,16-17H2,1-5H3,(H,42,43)/t24?,27?,31-/m1/s1. The van der Waals surface area contributed by atoms with Gasteiger partial charge in [0.25, 0.3) is 5.91 Å². The summed E-state index contributed by atoms with van der Waals surface area (Å²) in [4.78, 5) is 41.8. The molecule has 0 radical (unpaired) electrons. The third-order valence-electron chi connectivity index (χ3n) is 9.84. The molecule has 3 atom stereocenters. The number of ketones is 1. The van der Waals surface area contributed by atoms with Crippen LogP contribution in [0, 0.1) is 18.8 Å². The maximum atomic E-state index is 13.9. The third-order valence-corrected chi connectivity index (χ3v) is 9.84. The third kappa shape index (κ3) is 4.51. The number of amides is 2. The van der Waals surface area contributed by atoms with E-state index in [9.17, 15) is 19.5 Å². The van der Waals surface area contributed by atoms with Crippen LogP contribution in [0.3, 0.4) is 0 Å². The highest BCUT2D eigenvalue weighted by Gasteiger charge is 2.54. The number of Topliss-reactive ketones (excluding diaryl/α,β-unsaturated/α-hetero) is 1. The lowest BCUT2D eigenvalue weighted by atomic mass is 9.98. The summed E-state index contributed by atoms with van der Waals surface area (Å²) in [5, 5.41) is 16.2. The lowest BCUT2D eigenvalue weighted by molar-refractivity contribution is 0.0503. The molecule has 7 rings (SSSR count). The van der Waals surface area contributed by atoms with Crippen LogP contribution in [0.5, 0.6) is 0 Å². The molecule has 4 aromatic rings. The number of piperidine rings is 1. The van der Waals surface area contributed by atoms with E-state index in [0.717, 1.165) is 52.8 Å². The molecule has 3 aromatic heterocycles. The molecule has 1 N–H and O–H groups in total. The average molecular weight is 582 g/mol. The molecule has 2 saturated carbocycles. The fourth-order valence-corrected chi connectivity index (χ4v) is 7.58. The van der Waals surface area contributed by atoms with Gasteiger partial charge in [0.15, 0.2) is 5.78 Å². The van der Waals surface area contributed by atoms with Crippen molar-refractivity contribution >= 4 is 34.2 Å². The van der Waals surface area contributed by atoms with E-state index in [4.69, 9.17) is 5.10 Å². The minimum Gasteiger partial charge on any atom is -0.465 e. The van der Waals surface area contributed by atoms with Crippen LogP contribution in [0.15, 0.2) is 42.6 Å². The number of rotatable bonds is 6. The first-order valence-electron chi connectivity index (χ1n) is 15.4. The van der Waals surface area contributed by atoms with Crippen LogP contribution in [0.2, 0.25) is 0 Å². The predicted molar refractivity (Wildman–Crippen MR) is 165 cm³/mol. The minimum absolute atomic E-state index is 0.0512. The largest absolute Gasteiger partial charge is 0.465 e. The van der Waals surface area contributed by atoms with Gasteiger partial charge in [0, 0.05) is 46.9 Å². The maximum Gasteiger partial charge on any atom is 0.408 e. The number of hydrogen-bond acceptors (Lipinski definition) is 4. The van der Waals surface area contributed by atoms with Crippen LogP contribution in [0.25, 0.3) is 27.8 Å². The molecule has 1 aromatic carbocycles. The Hall–Kier alpha value is -4.14. The van der Waals surface area contributed by atoms with Gasteiger partial charge in [-0.2, -0.15) is 5.10 Å². The second-order valence-electron chi connectivity index (χ2n) is 13.8. The highest BCUT2D eigenvalue weighted by Crippen LogP contribution is 2.44. The number of benzene rings is 1. The second kappa shape index (κ2) is 9.69. The average Bonchev–Trinajstić information content (AvgIpc) is 3.28. The Morgan fingerprint density at radius 1 is 1.00 bits per heavy atom. The van der Waals surface area contributed by atoms with Crippen molar-refractivity contribution in [2.24, 2.45) is 11.8 Å². The molecular formula is C34H39N5O4. The minimum atomic E-state index is -0.929. The summed E-state index contributed by atoms with van der Waals surface area (Å²) in [5.74, 6) is 0.748. The zero-order valence-electron chi connectivity index (χ0n) is 25.5. The molecular weight excluding hydrogens is 542 g/mol. The van der Waals surface area contributed by atoms with Gasteiger partial charge < -0.3 is 14.6 Å². The Kier molecular flexibility index (Phi) is 6.24. The monoisotopic (exact) mass is 581 g/mol. The van der Waals surface area contributed by atoms with Crippen molar-refractivity contribution in [3.05, 3.63) is 59.3 Å². The highest BCUT2D eigenvalue weighted by molar-refractivity contribution is 5.99. The number of carbonyl (C=O) groups excluding carboxylic acids is 2. The lowest BCUT2D eigenvalue weighted by Crippen LogP contribution is -2.55. The number of aryl methyl sites for hydroxylation is 1. The molecule has 0 spiro atoms. The van der Waals surface area contributed by atoms with Crippen LogP contribution in [0.1, 0.15) is 79.7 Å². The molecule has 3 aliphatic rings. The van der Waals surface area contributed by atoms with Crippen molar-refractivity contribution in [3.63, 3.8) is 0 Å². The van der Waals surface area contributed by atoms with Crippen LogP contribution in [0.4, 0.5) is 4.79 Å². The zero-order valence-corrected chi connectivity index (χ0v) is 25.5. The quantitative estimate of drug-likeness (QED) is 0.271. The van der Waals surface area contributed by atoms with Crippen molar-refractivity contribution < 1.29 is 19.5 Å². The van der Waals surface area contributed by atoms with E-state index in [0.29, 0.717) is 23.6 Å². The van der Waals surface area contributed by atoms with Crippen molar-refractivity contribution in [3.8, 4) is 11.4 Å². The van der Waals surface area contributed by atoms with E-state index < -0.39 is 11.6 Å². The molecule has 9 nitrogen and oxygen atoms in total. The number of nitrogens with zero attached hydrogens (tertiary/aromatic N) is 5. The Labute approximate surface area is 251 Å². The Morgan fingerprint density at radius 2 is 1.74 bits per heavy atom. The molecule has 1 aliphatic heterocycles. The van der Waals surface area contributed by atoms with Crippen LogP contribution < -0.4 is 0 Å². The van der Waals surface area contributed by atoms with Gasteiger partial charge in [-0.15, -0.1) is 0 Å². The van der Waals surface area contributed by atoms with Gasteiger partial charge >= 0.3 is 6.09 Å². The van der Waals surface area contributed by atoms with Crippen molar-refractivity contribution in [1.82, 2.24) is 24.0 Å². The van der Waals surface area contributed by atoms with Gasteiger partial charge in [-0.25, -0.2) is 9.31 Å². The van der Waals surface area contributed by atoms with E-state index in [2.05, 4.69) is 17.6 Å². The molecule has 3 fully saturated rings. The predicted octanol–water partition coefficient (Wildman–Crippen LogP) is 6.26. The Bertz CT molecular complexity index is 1810. The number of pyridine rings is 1. The fourth-order valence-electron chi connectivity index (χ4n) is 7.58. The molecule has 9 heteroatoms. The van der Waals surface area contributed by atoms with Gasteiger partial charge in [-0.3, -0.25) is 14.5 Å².